The van der Waals surface area contributed by atoms with E-state index in [1.807, 2.05) is 24.3 Å². The molecule has 0 fully saturated rings. The van der Waals surface area contributed by atoms with Crippen LogP contribution in [0, 0.1) is 5.41 Å². The van der Waals surface area contributed by atoms with Gasteiger partial charge >= 0.3 is 0 Å². The van der Waals surface area contributed by atoms with Gasteiger partial charge in [0.25, 0.3) is 5.91 Å². The molecule has 0 aliphatic carbocycles. The molecule has 1 aliphatic rings. The van der Waals surface area contributed by atoms with Crippen molar-refractivity contribution in [2.75, 3.05) is 11.4 Å². The summed E-state index contributed by atoms with van der Waals surface area (Å²) < 4.78 is 6.19. The van der Waals surface area contributed by atoms with Crippen molar-refractivity contribution in [2.24, 2.45) is 5.41 Å². The fourth-order valence-electron chi connectivity index (χ4n) is 3.38. The summed E-state index contributed by atoms with van der Waals surface area (Å²) in [5, 5.41) is 1.07. The molecular formula is C22H23Cl2NO3. The van der Waals surface area contributed by atoms with Gasteiger partial charge in [-0.2, -0.15) is 0 Å². The molecule has 6 heteroatoms. The van der Waals surface area contributed by atoms with Crippen molar-refractivity contribution in [3.05, 3.63) is 63.6 Å². The summed E-state index contributed by atoms with van der Waals surface area (Å²) in [5.41, 5.74) is 2.06. The first-order valence-corrected chi connectivity index (χ1v) is 9.91. The van der Waals surface area contributed by atoms with Gasteiger partial charge in [-0.3, -0.25) is 4.79 Å². The Morgan fingerprint density at radius 3 is 2.46 bits per heavy atom. The quantitative estimate of drug-likeness (QED) is 0.618. The zero-order valence-electron chi connectivity index (χ0n) is 16.1. The molecule has 1 heterocycles. The van der Waals surface area contributed by atoms with E-state index in [1.165, 1.54) is 0 Å². The zero-order valence-corrected chi connectivity index (χ0v) is 17.6. The maximum Gasteiger partial charge on any atom is 0.256 e. The summed E-state index contributed by atoms with van der Waals surface area (Å²) in [4.78, 5) is 26.3. The van der Waals surface area contributed by atoms with Gasteiger partial charge in [-0.25, -0.2) is 0 Å². The number of amides is 1. The van der Waals surface area contributed by atoms with Crippen molar-refractivity contribution < 1.29 is 14.3 Å². The van der Waals surface area contributed by atoms with Crippen LogP contribution in [-0.4, -0.2) is 24.8 Å². The number of carbonyl (C=O) groups excluding carboxylic acids is 2. The molecule has 28 heavy (non-hydrogen) atoms. The van der Waals surface area contributed by atoms with E-state index in [0.717, 1.165) is 16.8 Å². The van der Waals surface area contributed by atoms with Crippen molar-refractivity contribution >= 4 is 41.1 Å². The normalized spacial score (nSPS) is 19.9. The highest BCUT2D eigenvalue weighted by atomic mass is 35.5. The van der Waals surface area contributed by atoms with Crippen molar-refractivity contribution in [1.29, 1.82) is 0 Å². The van der Waals surface area contributed by atoms with Gasteiger partial charge in [-0.15, -0.1) is 0 Å². The third-order valence-electron chi connectivity index (χ3n) is 4.54. The molecule has 4 nitrogen and oxygen atoms in total. The molecule has 0 N–H and O–H groups in total. The monoisotopic (exact) mass is 419 g/mol. The van der Waals surface area contributed by atoms with Crippen LogP contribution in [-0.2, 0) is 14.3 Å². The molecular weight excluding hydrogens is 397 g/mol. The minimum Gasteiger partial charge on any atom is -0.355 e. The number of aldehydes is 1. The Balaban J connectivity index is 2.22. The van der Waals surface area contributed by atoms with Crippen LogP contribution in [0.1, 0.15) is 44.4 Å². The molecule has 0 aromatic heterocycles. The fourth-order valence-corrected chi connectivity index (χ4v) is 3.79. The summed E-state index contributed by atoms with van der Waals surface area (Å²) in [6, 6.07) is 12.7. The second kappa shape index (κ2) is 8.24. The molecule has 1 amide bonds. The molecule has 0 spiro atoms. The van der Waals surface area contributed by atoms with Gasteiger partial charge in [0, 0.05) is 39.8 Å². The Kier molecular flexibility index (Phi) is 6.13. The molecule has 3 rings (SSSR count). The van der Waals surface area contributed by atoms with E-state index in [9.17, 15) is 9.59 Å². The number of halogens is 2. The van der Waals surface area contributed by atoms with Gasteiger partial charge in [0.15, 0.2) is 0 Å². The lowest BCUT2D eigenvalue weighted by Crippen LogP contribution is -2.43. The molecule has 2 aromatic rings. The number of nitrogens with zero attached hydrogens (tertiary/aromatic N) is 1. The highest BCUT2D eigenvalue weighted by molar-refractivity contribution is 6.31. The highest BCUT2D eigenvalue weighted by Gasteiger charge is 2.38. The van der Waals surface area contributed by atoms with Gasteiger partial charge in [0.05, 0.1) is 0 Å². The predicted molar refractivity (Wildman–Crippen MR) is 112 cm³/mol. The molecule has 1 aliphatic heterocycles. The number of hydrogen-bond acceptors (Lipinski definition) is 3. The molecule has 2 atom stereocenters. The maximum absolute atomic E-state index is 13.3. The SMILES string of the molecule is CC(C)(C)CN1C(=O)[C@@H](CC=O)O[C@H](c2ccccc2Cl)c2cc(Cl)ccc21. The molecule has 0 radical (unpaired) electrons. The average Bonchev–Trinajstić information content (AvgIpc) is 2.72. The number of benzene rings is 2. The second-order valence-corrected chi connectivity index (χ2v) is 8.96. The molecule has 0 saturated heterocycles. The summed E-state index contributed by atoms with van der Waals surface area (Å²) in [6.45, 7) is 6.65. The molecule has 148 valence electrons. The van der Waals surface area contributed by atoms with Gasteiger partial charge in [0.2, 0.25) is 0 Å². The number of rotatable bonds is 4. The van der Waals surface area contributed by atoms with Crippen molar-refractivity contribution in [2.45, 2.75) is 39.4 Å². The van der Waals surface area contributed by atoms with Gasteiger partial charge in [-0.05, 0) is 29.7 Å². The van der Waals surface area contributed by atoms with Crippen LogP contribution < -0.4 is 4.90 Å². The van der Waals surface area contributed by atoms with E-state index in [-0.39, 0.29) is 17.7 Å². The number of ether oxygens (including phenoxy) is 1. The molecule has 0 unspecified atom stereocenters. The van der Waals surface area contributed by atoms with Crippen molar-refractivity contribution in [3.8, 4) is 0 Å². The van der Waals surface area contributed by atoms with E-state index in [4.69, 9.17) is 27.9 Å². The second-order valence-electron chi connectivity index (χ2n) is 8.12. The predicted octanol–water partition coefficient (Wildman–Crippen LogP) is 5.45. The first-order valence-electron chi connectivity index (χ1n) is 9.15. The van der Waals surface area contributed by atoms with Gasteiger partial charge in [-0.1, -0.05) is 62.2 Å². The number of hydrogen-bond donors (Lipinski definition) is 0. The summed E-state index contributed by atoms with van der Waals surface area (Å²) in [5.74, 6) is -0.236. The van der Waals surface area contributed by atoms with E-state index in [2.05, 4.69) is 20.8 Å². The molecule has 2 aromatic carbocycles. The van der Waals surface area contributed by atoms with Crippen LogP contribution in [0.3, 0.4) is 0 Å². The highest BCUT2D eigenvalue weighted by Crippen LogP contribution is 2.42. The minimum absolute atomic E-state index is 0.0256. The molecule has 0 saturated carbocycles. The van der Waals surface area contributed by atoms with E-state index in [1.54, 1.807) is 23.1 Å². The topological polar surface area (TPSA) is 46.6 Å². The van der Waals surface area contributed by atoms with Crippen LogP contribution in [0.25, 0.3) is 0 Å². The third-order valence-corrected chi connectivity index (χ3v) is 5.11. The maximum atomic E-state index is 13.3. The van der Waals surface area contributed by atoms with Crippen LogP contribution in [0.4, 0.5) is 5.69 Å². The summed E-state index contributed by atoms with van der Waals surface area (Å²) in [7, 11) is 0. The first-order chi connectivity index (χ1) is 13.2. The van der Waals surface area contributed by atoms with E-state index >= 15 is 0 Å². The van der Waals surface area contributed by atoms with Crippen LogP contribution in [0.15, 0.2) is 42.5 Å². The van der Waals surface area contributed by atoms with E-state index < -0.39 is 12.2 Å². The third kappa shape index (κ3) is 4.40. The van der Waals surface area contributed by atoms with Crippen LogP contribution in [0.2, 0.25) is 10.0 Å². The Labute approximate surface area is 175 Å². The molecule has 0 bridgehead atoms. The Morgan fingerprint density at radius 1 is 1.11 bits per heavy atom. The Bertz CT molecular complexity index is 892. The van der Waals surface area contributed by atoms with E-state index in [0.29, 0.717) is 22.9 Å². The van der Waals surface area contributed by atoms with Crippen molar-refractivity contribution in [1.82, 2.24) is 0 Å². The lowest BCUT2D eigenvalue weighted by Gasteiger charge is -2.31. The lowest BCUT2D eigenvalue weighted by atomic mass is 9.94. The van der Waals surface area contributed by atoms with Gasteiger partial charge < -0.3 is 14.4 Å². The summed E-state index contributed by atoms with van der Waals surface area (Å²) >= 11 is 12.7. The number of carbonyl (C=O) groups is 2. The zero-order chi connectivity index (χ0) is 20.5. The number of fused-ring (bicyclic) bond motifs is 1. The Morgan fingerprint density at radius 2 is 1.82 bits per heavy atom. The number of anilines is 1. The van der Waals surface area contributed by atoms with Gasteiger partial charge in [0.1, 0.15) is 18.5 Å². The van der Waals surface area contributed by atoms with Crippen LogP contribution >= 0.6 is 23.2 Å². The largest absolute Gasteiger partial charge is 0.355 e. The fraction of sp³-hybridized carbons (Fsp3) is 0.364. The minimum atomic E-state index is -0.896. The van der Waals surface area contributed by atoms with Crippen LogP contribution in [0.5, 0.6) is 0 Å². The average molecular weight is 420 g/mol. The lowest BCUT2D eigenvalue weighted by molar-refractivity contribution is -0.134. The van der Waals surface area contributed by atoms with Crippen molar-refractivity contribution in [3.63, 3.8) is 0 Å². The smallest absolute Gasteiger partial charge is 0.256 e. The standard InChI is InChI=1S/C22H23Cl2NO3/c1-22(2,3)13-25-18-9-8-14(23)12-16(18)20(15-6-4-5-7-17(15)24)28-19(10-11-26)21(25)27/h4-9,11-12,19-20H,10,13H2,1-3H3/t19-,20-/m1/s1. The first kappa shape index (κ1) is 20.8. The Hall–Kier alpha value is -1.88. The summed E-state index contributed by atoms with van der Waals surface area (Å²) in [6.07, 6.45) is -0.819.